The van der Waals surface area contributed by atoms with E-state index in [2.05, 4.69) is 10.0 Å². The highest BCUT2D eigenvalue weighted by molar-refractivity contribution is 7.88. The van der Waals surface area contributed by atoms with E-state index in [1.54, 1.807) is 0 Å². The van der Waals surface area contributed by atoms with E-state index in [4.69, 9.17) is 0 Å². The summed E-state index contributed by atoms with van der Waals surface area (Å²) in [6.45, 7) is 5.69. The predicted octanol–water partition coefficient (Wildman–Crippen LogP) is -0.161. The van der Waals surface area contributed by atoms with E-state index < -0.39 is 10.0 Å². The average molecular weight is 234 g/mol. The van der Waals surface area contributed by atoms with Crippen LogP contribution in [0.4, 0.5) is 0 Å². The summed E-state index contributed by atoms with van der Waals surface area (Å²) in [6.07, 6.45) is 1.69. The first-order valence-electron chi connectivity index (χ1n) is 4.88. The first-order valence-corrected chi connectivity index (χ1v) is 6.77. The topological polar surface area (TPSA) is 75.3 Å². The van der Waals surface area contributed by atoms with E-state index in [1.807, 2.05) is 20.8 Å². The van der Waals surface area contributed by atoms with Crippen molar-refractivity contribution in [3.05, 3.63) is 0 Å². The molecule has 6 heteroatoms. The van der Waals surface area contributed by atoms with Gasteiger partial charge < -0.3 is 5.32 Å². The molecule has 1 amide bonds. The Kier molecular flexibility index (Phi) is 3.11. The minimum absolute atomic E-state index is 0.0800. The molecule has 2 N–H and O–H groups in total. The predicted molar refractivity (Wildman–Crippen MR) is 57.8 cm³/mol. The standard InChI is InChI=1S/C9H18N2O3S/c1-9(2,3)10-8(12)6-5-7(6)11-15(4,13)14/h6-7,11H,5H2,1-4H3,(H,10,12). The molecule has 88 valence electrons. The van der Waals surface area contributed by atoms with E-state index >= 15 is 0 Å². The quantitative estimate of drug-likeness (QED) is 0.712. The lowest BCUT2D eigenvalue weighted by molar-refractivity contribution is -0.123. The van der Waals surface area contributed by atoms with Gasteiger partial charge in [0.25, 0.3) is 0 Å². The second kappa shape index (κ2) is 3.75. The van der Waals surface area contributed by atoms with Crippen LogP contribution in [0, 0.1) is 5.92 Å². The summed E-state index contributed by atoms with van der Waals surface area (Å²) in [7, 11) is -3.20. The molecule has 5 nitrogen and oxygen atoms in total. The molecule has 1 fully saturated rings. The number of hydrogen-bond acceptors (Lipinski definition) is 3. The molecular weight excluding hydrogens is 216 g/mol. The van der Waals surface area contributed by atoms with Crippen LogP contribution >= 0.6 is 0 Å². The zero-order chi connectivity index (χ0) is 11.9. The molecule has 0 aliphatic heterocycles. The number of rotatable bonds is 3. The highest BCUT2D eigenvalue weighted by Crippen LogP contribution is 2.31. The van der Waals surface area contributed by atoms with E-state index in [1.165, 1.54) is 0 Å². The molecule has 2 atom stereocenters. The van der Waals surface area contributed by atoms with Gasteiger partial charge in [-0.05, 0) is 27.2 Å². The monoisotopic (exact) mass is 234 g/mol. The highest BCUT2D eigenvalue weighted by Gasteiger charge is 2.45. The molecule has 1 saturated carbocycles. The Morgan fingerprint density at radius 3 is 2.27 bits per heavy atom. The minimum Gasteiger partial charge on any atom is -0.351 e. The molecule has 2 unspecified atom stereocenters. The van der Waals surface area contributed by atoms with Crippen molar-refractivity contribution in [3.63, 3.8) is 0 Å². The van der Waals surface area contributed by atoms with Crippen molar-refractivity contribution in [2.45, 2.75) is 38.8 Å². The van der Waals surface area contributed by atoms with Crippen molar-refractivity contribution in [2.75, 3.05) is 6.26 Å². The molecule has 0 saturated heterocycles. The van der Waals surface area contributed by atoms with Crippen molar-refractivity contribution in [1.82, 2.24) is 10.0 Å². The summed E-state index contributed by atoms with van der Waals surface area (Å²) in [5.74, 6) is -0.289. The fourth-order valence-electron chi connectivity index (χ4n) is 1.35. The lowest BCUT2D eigenvalue weighted by Crippen LogP contribution is -2.42. The van der Waals surface area contributed by atoms with Crippen molar-refractivity contribution in [2.24, 2.45) is 5.92 Å². The lowest BCUT2D eigenvalue weighted by atomic mass is 10.1. The summed E-state index contributed by atoms with van der Waals surface area (Å²) in [5, 5.41) is 2.82. The normalized spacial score (nSPS) is 26.1. The van der Waals surface area contributed by atoms with E-state index in [0.29, 0.717) is 6.42 Å². The van der Waals surface area contributed by atoms with Gasteiger partial charge in [0.2, 0.25) is 15.9 Å². The molecule has 0 aromatic carbocycles. The Morgan fingerprint density at radius 2 is 1.87 bits per heavy atom. The van der Waals surface area contributed by atoms with Crippen molar-refractivity contribution in [3.8, 4) is 0 Å². The number of carbonyl (C=O) groups is 1. The first-order chi connectivity index (χ1) is 6.58. The molecule has 0 aromatic heterocycles. The van der Waals surface area contributed by atoms with Gasteiger partial charge in [-0.15, -0.1) is 0 Å². The number of sulfonamides is 1. The third-order valence-electron chi connectivity index (χ3n) is 1.99. The van der Waals surface area contributed by atoms with Gasteiger partial charge in [-0.1, -0.05) is 0 Å². The Labute approximate surface area is 90.7 Å². The summed E-state index contributed by atoms with van der Waals surface area (Å²) >= 11 is 0. The zero-order valence-electron chi connectivity index (χ0n) is 9.49. The Hall–Kier alpha value is -0.620. The van der Waals surface area contributed by atoms with Crippen LogP contribution in [0.25, 0.3) is 0 Å². The summed E-state index contributed by atoms with van der Waals surface area (Å²) in [5.41, 5.74) is -0.269. The zero-order valence-corrected chi connectivity index (χ0v) is 10.3. The third kappa shape index (κ3) is 4.61. The van der Waals surface area contributed by atoms with Gasteiger partial charge >= 0.3 is 0 Å². The van der Waals surface area contributed by atoms with Crippen LogP contribution in [0.5, 0.6) is 0 Å². The Bertz CT molecular complexity index is 356. The second-order valence-electron chi connectivity index (χ2n) is 5.08. The van der Waals surface area contributed by atoms with Crippen molar-refractivity contribution >= 4 is 15.9 Å². The van der Waals surface area contributed by atoms with Gasteiger partial charge in [-0.25, -0.2) is 13.1 Å². The van der Waals surface area contributed by atoms with Gasteiger partial charge in [-0.3, -0.25) is 4.79 Å². The number of carbonyl (C=O) groups excluding carboxylic acids is 1. The fraction of sp³-hybridized carbons (Fsp3) is 0.889. The summed E-state index contributed by atoms with van der Waals surface area (Å²) < 4.78 is 24.2. The highest BCUT2D eigenvalue weighted by atomic mass is 32.2. The molecule has 0 bridgehead atoms. The second-order valence-corrected chi connectivity index (χ2v) is 6.86. The van der Waals surface area contributed by atoms with Crippen LogP contribution in [0.1, 0.15) is 27.2 Å². The van der Waals surface area contributed by atoms with Gasteiger partial charge in [0.1, 0.15) is 0 Å². The fourth-order valence-corrected chi connectivity index (χ4v) is 2.16. The SMILES string of the molecule is CC(C)(C)NC(=O)C1CC1NS(C)(=O)=O. The molecule has 0 radical (unpaired) electrons. The molecule has 0 aromatic rings. The van der Waals surface area contributed by atoms with Gasteiger partial charge in [0.15, 0.2) is 0 Å². The summed E-state index contributed by atoms with van der Waals surface area (Å²) in [6, 6.07) is -0.220. The molecule has 1 aliphatic carbocycles. The van der Waals surface area contributed by atoms with Crippen molar-refractivity contribution in [1.29, 1.82) is 0 Å². The molecular formula is C9H18N2O3S. The number of hydrogen-bond donors (Lipinski definition) is 2. The van der Waals surface area contributed by atoms with Crippen LogP contribution in [0.15, 0.2) is 0 Å². The van der Waals surface area contributed by atoms with Crippen LogP contribution in [-0.2, 0) is 14.8 Å². The molecule has 0 spiro atoms. The van der Waals surface area contributed by atoms with Gasteiger partial charge in [0.05, 0.1) is 12.2 Å². The Balaban J connectivity index is 2.42. The number of nitrogens with one attached hydrogen (secondary N) is 2. The first kappa shape index (κ1) is 12.4. The lowest BCUT2D eigenvalue weighted by Gasteiger charge is -2.20. The van der Waals surface area contributed by atoms with Crippen LogP contribution in [-0.4, -0.2) is 32.2 Å². The van der Waals surface area contributed by atoms with Gasteiger partial charge in [0, 0.05) is 11.6 Å². The number of amides is 1. The summed E-state index contributed by atoms with van der Waals surface area (Å²) in [4.78, 5) is 11.6. The maximum absolute atomic E-state index is 11.6. The smallest absolute Gasteiger partial charge is 0.225 e. The largest absolute Gasteiger partial charge is 0.351 e. The van der Waals surface area contributed by atoms with Crippen molar-refractivity contribution < 1.29 is 13.2 Å². The average Bonchev–Trinajstić information content (AvgIpc) is 2.58. The minimum atomic E-state index is -3.20. The van der Waals surface area contributed by atoms with Crippen LogP contribution in [0.3, 0.4) is 0 Å². The van der Waals surface area contributed by atoms with E-state index in [9.17, 15) is 13.2 Å². The van der Waals surface area contributed by atoms with E-state index in [-0.39, 0.29) is 23.4 Å². The molecule has 1 rings (SSSR count). The van der Waals surface area contributed by atoms with Gasteiger partial charge in [-0.2, -0.15) is 0 Å². The Morgan fingerprint density at radius 1 is 1.33 bits per heavy atom. The maximum atomic E-state index is 11.6. The van der Waals surface area contributed by atoms with E-state index in [0.717, 1.165) is 6.26 Å². The molecule has 15 heavy (non-hydrogen) atoms. The van der Waals surface area contributed by atoms with Crippen LogP contribution < -0.4 is 10.0 Å². The maximum Gasteiger partial charge on any atom is 0.225 e. The molecule has 1 aliphatic rings. The van der Waals surface area contributed by atoms with Crippen LogP contribution in [0.2, 0.25) is 0 Å². The third-order valence-corrected chi connectivity index (χ3v) is 2.72. The molecule has 0 heterocycles.